The number of rotatable bonds is 5. The molecule has 0 bridgehead atoms. The lowest BCUT2D eigenvalue weighted by Crippen LogP contribution is -2.19. The van der Waals surface area contributed by atoms with E-state index in [0.29, 0.717) is 12.0 Å². The Morgan fingerprint density at radius 2 is 1.86 bits per heavy atom. The maximum Gasteiger partial charge on any atom is 0.307 e. The van der Waals surface area contributed by atoms with E-state index in [1.54, 1.807) is 0 Å². The van der Waals surface area contributed by atoms with Crippen LogP contribution in [0.1, 0.15) is 11.1 Å². The van der Waals surface area contributed by atoms with Crippen LogP contribution in [-0.2, 0) is 17.6 Å². The molecule has 2 nitrogen and oxygen atoms in total. The van der Waals surface area contributed by atoms with Crippen molar-refractivity contribution in [2.45, 2.75) is 12.8 Å². The summed E-state index contributed by atoms with van der Waals surface area (Å²) in [6, 6.07) is 11.5. The Morgan fingerprint density at radius 3 is 2.43 bits per heavy atom. The van der Waals surface area contributed by atoms with Crippen molar-refractivity contribution in [3.05, 3.63) is 68.9 Å². The van der Waals surface area contributed by atoms with Crippen molar-refractivity contribution in [2.24, 2.45) is 5.92 Å². The van der Waals surface area contributed by atoms with E-state index in [2.05, 4.69) is 15.9 Å². The molecule has 21 heavy (non-hydrogen) atoms. The van der Waals surface area contributed by atoms with Crippen molar-refractivity contribution in [3.8, 4) is 0 Å². The van der Waals surface area contributed by atoms with Gasteiger partial charge in [0.2, 0.25) is 0 Å². The van der Waals surface area contributed by atoms with Gasteiger partial charge in [-0.05, 0) is 48.2 Å². The first-order chi connectivity index (χ1) is 9.95. The lowest BCUT2D eigenvalue weighted by molar-refractivity contribution is -0.141. The molecular formula is C16H13BrClFO2. The van der Waals surface area contributed by atoms with Crippen molar-refractivity contribution < 1.29 is 14.3 Å². The number of halogens is 3. The predicted octanol–water partition coefficient (Wildman–Crippen LogP) is 4.73. The van der Waals surface area contributed by atoms with Crippen molar-refractivity contribution in [3.63, 3.8) is 0 Å². The highest BCUT2D eigenvalue weighted by atomic mass is 79.9. The van der Waals surface area contributed by atoms with Crippen molar-refractivity contribution >= 4 is 33.5 Å². The van der Waals surface area contributed by atoms with Gasteiger partial charge in [-0.15, -0.1) is 0 Å². The molecule has 5 heteroatoms. The normalized spacial score (nSPS) is 12.1. The van der Waals surface area contributed by atoms with Crippen LogP contribution in [-0.4, -0.2) is 11.1 Å². The summed E-state index contributed by atoms with van der Waals surface area (Å²) in [4.78, 5) is 11.4. The van der Waals surface area contributed by atoms with Gasteiger partial charge in [0.1, 0.15) is 5.82 Å². The van der Waals surface area contributed by atoms with E-state index in [1.165, 1.54) is 18.2 Å². The first-order valence-electron chi connectivity index (χ1n) is 6.37. The van der Waals surface area contributed by atoms with E-state index in [9.17, 15) is 14.3 Å². The fourth-order valence-corrected chi connectivity index (χ4v) is 2.61. The van der Waals surface area contributed by atoms with E-state index in [1.807, 2.05) is 24.3 Å². The Kier molecular flexibility index (Phi) is 5.37. The van der Waals surface area contributed by atoms with Gasteiger partial charge in [-0.1, -0.05) is 45.7 Å². The number of carboxylic acids is 1. The van der Waals surface area contributed by atoms with E-state index in [-0.39, 0.29) is 11.4 Å². The molecule has 0 saturated carbocycles. The zero-order valence-corrected chi connectivity index (χ0v) is 13.4. The van der Waals surface area contributed by atoms with Gasteiger partial charge in [0.05, 0.1) is 5.92 Å². The van der Waals surface area contributed by atoms with Crippen LogP contribution in [0.25, 0.3) is 0 Å². The standard InChI is InChI=1S/C16H13BrClFO2/c17-13-4-1-10(2-5-13)7-12(16(20)21)8-11-3-6-14(19)9-15(11)18/h1-6,9,12H,7-8H2,(H,20,21). The molecule has 0 aliphatic heterocycles. The lowest BCUT2D eigenvalue weighted by Gasteiger charge is -2.13. The Bertz CT molecular complexity index is 643. The lowest BCUT2D eigenvalue weighted by atomic mass is 9.92. The Morgan fingerprint density at radius 1 is 1.19 bits per heavy atom. The summed E-state index contributed by atoms with van der Waals surface area (Å²) in [5.74, 6) is -1.92. The molecule has 2 aromatic carbocycles. The van der Waals surface area contributed by atoms with Gasteiger partial charge in [0.15, 0.2) is 0 Å². The summed E-state index contributed by atoms with van der Waals surface area (Å²) in [7, 11) is 0. The second kappa shape index (κ2) is 7.05. The number of hydrogen-bond donors (Lipinski definition) is 1. The Labute approximate surface area is 135 Å². The average molecular weight is 372 g/mol. The Balaban J connectivity index is 2.15. The smallest absolute Gasteiger partial charge is 0.307 e. The average Bonchev–Trinajstić information content (AvgIpc) is 2.43. The number of aliphatic carboxylic acids is 1. The fourth-order valence-electron chi connectivity index (χ4n) is 2.10. The molecule has 0 aliphatic rings. The first kappa shape index (κ1) is 16.0. The van der Waals surface area contributed by atoms with Gasteiger partial charge in [-0.25, -0.2) is 4.39 Å². The SMILES string of the molecule is O=C(O)C(Cc1ccc(Br)cc1)Cc1ccc(F)cc1Cl. The minimum atomic E-state index is -0.890. The van der Waals surface area contributed by atoms with Gasteiger partial charge in [0, 0.05) is 9.50 Å². The van der Waals surface area contributed by atoms with Crippen LogP contribution in [0.4, 0.5) is 4.39 Å². The van der Waals surface area contributed by atoms with E-state index in [0.717, 1.165) is 10.0 Å². The molecule has 2 aromatic rings. The van der Waals surface area contributed by atoms with Crippen LogP contribution >= 0.6 is 27.5 Å². The third-order valence-electron chi connectivity index (χ3n) is 3.23. The summed E-state index contributed by atoms with van der Waals surface area (Å²) in [6.45, 7) is 0. The molecule has 0 aromatic heterocycles. The molecule has 0 aliphatic carbocycles. The molecule has 0 amide bonds. The van der Waals surface area contributed by atoms with Crippen molar-refractivity contribution in [1.82, 2.24) is 0 Å². The minimum absolute atomic E-state index is 0.261. The molecule has 1 N–H and O–H groups in total. The molecule has 110 valence electrons. The van der Waals surface area contributed by atoms with Gasteiger partial charge in [-0.2, -0.15) is 0 Å². The third kappa shape index (κ3) is 4.55. The van der Waals surface area contributed by atoms with Gasteiger partial charge >= 0.3 is 5.97 Å². The Hall–Kier alpha value is -1.39. The summed E-state index contributed by atoms with van der Waals surface area (Å²) in [6.07, 6.45) is 0.667. The van der Waals surface area contributed by atoms with Gasteiger partial charge in [-0.3, -0.25) is 4.79 Å². The van der Waals surface area contributed by atoms with Gasteiger partial charge < -0.3 is 5.11 Å². The van der Waals surface area contributed by atoms with Gasteiger partial charge in [0.25, 0.3) is 0 Å². The van der Waals surface area contributed by atoms with E-state index in [4.69, 9.17) is 11.6 Å². The molecule has 2 rings (SSSR count). The molecule has 0 heterocycles. The van der Waals surface area contributed by atoms with Crippen LogP contribution in [0.3, 0.4) is 0 Å². The monoisotopic (exact) mass is 370 g/mol. The molecule has 0 saturated heterocycles. The highest BCUT2D eigenvalue weighted by molar-refractivity contribution is 9.10. The van der Waals surface area contributed by atoms with E-state index >= 15 is 0 Å². The zero-order chi connectivity index (χ0) is 15.4. The second-order valence-electron chi connectivity index (χ2n) is 4.81. The second-order valence-corrected chi connectivity index (χ2v) is 6.13. The molecule has 0 spiro atoms. The highest BCUT2D eigenvalue weighted by Gasteiger charge is 2.20. The quantitative estimate of drug-likeness (QED) is 0.825. The van der Waals surface area contributed by atoms with Crippen LogP contribution in [0.5, 0.6) is 0 Å². The topological polar surface area (TPSA) is 37.3 Å². The van der Waals surface area contributed by atoms with Crippen LogP contribution in [0.2, 0.25) is 5.02 Å². The zero-order valence-electron chi connectivity index (χ0n) is 11.0. The molecule has 1 unspecified atom stereocenters. The maximum absolute atomic E-state index is 13.0. The summed E-state index contributed by atoms with van der Waals surface area (Å²) < 4.78 is 14.0. The predicted molar refractivity (Wildman–Crippen MR) is 84.1 cm³/mol. The largest absolute Gasteiger partial charge is 0.481 e. The fraction of sp³-hybridized carbons (Fsp3) is 0.188. The van der Waals surface area contributed by atoms with Crippen LogP contribution in [0, 0.1) is 11.7 Å². The van der Waals surface area contributed by atoms with E-state index < -0.39 is 17.7 Å². The summed E-state index contributed by atoms with van der Waals surface area (Å²) in [5, 5.41) is 9.63. The van der Waals surface area contributed by atoms with Crippen molar-refractivity contribution in [1.29, 1.82) is 0 Å². The number of hydrogen-bond acceptors (Lipinski definition) is 1. The third-order valence-corrected chi connectivity index (χ3v) is 4.11. The summed E-state index contributed by atoms with van der Waals surface area (Å²) >= 11 is 9.30. The minimum Gasteiger partial charge on any atom is -0.481 e. The highest BCUT2D eigenvalue weighted by Crippen LogP contribution is 2.23. The number of carbonyl (C=O) groups is 1. The summed E-state index contributed by atoms with van der Waals surface area (Å²) in [5.41, 5.74) is 1.58. The number of benzene rings is 2. The molecule has 1 atom stereocenters. The van der Waals surface area contributed by atoms with Crippen LogP contribution in [0.15, 0.2) is 46.9 Å². The van der Waals surface area contributed by atoms with Crippen LogP contribution < -0.4 is 0 Å². The molecular weight excluding hydrogens is 359 g/mol. The maximum atomic E-state index is 13.0. The molecule has 0 radical (unpaired) electrons. The number of carboxylic acid groups (broad SMARTS) is 1. The molecule has 0 fully saturated rings. The first-order valence-corrected chi connectivity index (χ1v) is 7.54. The van der Waals surface area contributed by atoms with Crippen molar-refractivity contribution in [2.75, 3.05) is 0 Å².